The fourth-order valence-corrected chi connectivity index (χ4v) is 0.521. The topological polar surface area (TPSA) is 78.9 Å². The van der Waals surface area contributed by atoms with Crippen molar-refractivity contribution in [1.82, 2.24) is 0 Å². The van der Waals surface area contributed by atoms with Crippen LogP contribution in [-0.4, -0.2) is 13.3 Å². The van der Waals surface area contributed by atoms with Crippen molar-refractivity contribution in [1.29, 1.82) is 0 Å². The van der Waals surface area contributed by atoms with Gasteiger partial charge in [-0.3, -0.25) is 0 Å². The Hall–Kier alpha value is -1.72. The first-order chi connectivity index (χ1) is 5.72. The molecule has 1 heterocycles. The minimum Gasteiger partial charge on any atom is -0.438 e. The zero-order valence-corrected chi connectivity index (χ0v) is 6.23. The van der Waals surface area contributed by atoms with Gasteiger partial charge in [-0.25, -0.2) is 9.59 Å². The van der Waals surface area contributed by atoms with Crippen molar-refractivity contribution in [2.45, 2.75) is 6.61 Å². The van der Waals surface area contributed by atoms with Crippen molar-refractivity contribution in [3.05, 3.63) is 22.6 Å². The second kappa shape index (κ2) is 3.61. The highest BCUT2D eigenvalue weighted by Crippen LogP contribution is 1.98. The number of hydrogen-bond acceptors (Lipinski definition) is 6. The van der Waals surface area contributed by atoms with E-state index in [2.05, 4.69) is 18.3 Å². The molecule has 0 aliphatic rings. The van der Waals surface area contributed by atoms with Gasteiger partial charge in [-0.05, 0) is 0 Å². The van der Waals surface area contributed by atoms with E-state index in [4.69, 9.17) is 0 Å². The number of rotatable bonds is 2. The summed E-state index contributed by atoms with van der Waals surface area (Å²) in [5, 5.41) is 0. The Morgan fingerprint density at radius 3 is 2.92 bits per heavy atom. The molecule has 0 aromatic carbocycles. The van der Waals surface area contributed by atoms with E-state index in [1.165, 1.54) is 7.11 Å². The maximum absolute atomic E-state index is 10.4. The fourth-order valence-electron chi connectivity index (χ4n) is 0.521. The van der Waals surface area contributed by atoms with Gasteiger partial charge in [-0.15, -0.1) is 0 Å². The third kappa shape index (κ3) is 2.15. The van der Waals surface area contributed by atoms with E-state index in [0.717, 1.165) is 6.26 Å². The summed E-state index contributed by atoms with van der Waals surface area (Å²) in [4.78, 5) is 20.7. The third-order valence-corrected chi connectivity index (χ3v) is 1.000. The van der Waals surface area contributed by atoms with E-state index in [0.29, 0.717) is 0 Å². The predicted molar refractivity (Wildman–Crippen MR) is 34.4 cm³/mol. The number of carbonyl (C=O) groups is 1. The van der Waals surface area contributed by atoms with Gasteiger partial charge in [0.25, 0.3) is 0 Å². The smallest absolute Gasteiger partial charge is 0.438 e. The molecule has 0 unspecified atom stereocenters. The average Bonchev–Trinajstić information content (AvgIpc) is 2.47. The van der Waals surface area contributed by atoms with Crippen molar-refractivity contribution >= 4 is 6.16 Å². The highest BCUT2D eigenvalue weighted by Gasteiger charge is 2.05. The van der Waals surface area contributed by atoms with Gasteiger partial charge in [-0.1, -0.05) is 0 Å². The minimum atomic E-state index is -0.848. The average molecular weight is 174 g/mol. The van der Waals surface area contributed by atoms with Gasteiger partial charge in [0.15, 0.2) is 12.4 Å². The van der Waals surface area contributed by atoms with E-state index in [9.17, 15) is 9.59 Å². The summed E-state index contributed by atoms with van der Waals surface area (Å²) in [6, 6.07) is 0. The first-order valence-corrected chi connectivity index (χ1v) is 3.00. The lowest BCUT2D eigenvalue weighted by molar-refractivity contribution is 0.0613. The van der Waals surface area contributed by atoms with Crippen molar-refractivity contribution in [3.63, 3.8) is 0 Å². The molecule has 0 spiro atoms. The van der Waals surface area contributed by atoms with Crippen LogP contribution in [0.5, 0.6) is 0 Å². The van der Waals surface area contributed by atoms with Crippen LogP contribution >= 0.6 is 0 Å². The molecule has 6 heteroatoms. The molecule has 66 valence electrons. The second-order valence-electron chi connectivity index (χ2n) is 1.80. The van der Waals surface area contributed by atoms with E-state index in [1.54, 1.807) is 0 Å². The molecule has 6 nitrogen and oxygen atoms in total. The quantitative estimate of drug-likeness (QED) is 0.608. The first-order valence-electron chi connectivity index (χ1n) is 3.00. The minimum absolute atomic E-state index is 0.130. The summed E-state index contributed by atoms with van der Waals surface area (Å²) >= 11 is 0. The molecule has 1 rings (SSSR count). The maximum atomic E-state index is 10.4. The van der Waals surface area contributed by atoms with Gasteiger partial charge in [-0.2, -0.15) is 0 Å². The number of ether oxygens (including phenoxy) is 2. The Kier molecular flexibility index (Phi) is 2.52. The van der Waals surface area contributed by atoms with Crippen LogP contribution in [0.4, 0.5) is 4.79 Å². The Bertz CT molecular complexity index is 308. The zero-order chi connectivity index (χ0) is 8.97. The number of carbonyl (C=O) groups excluding carboxylic acids is 1. The zero-order valence-electron chi connectivity index (χ0n) is 6.23. The molecule has 12 heavy (non-hydrogen) atoms. The molecule has 1 aromatic rings. The van der Waals surface area contributed by atoms with Crippen LogP contribution in [0.25, 0.3) is 0 Å². The molecule has 0 aliphatic heterocycles. The molecule has 0 N–H and O–H groups in total. The van der Waals surface area contributed by atoms with Gasteiger partial charge in [0, 0.05) is 0 Å². The summed E-state index contributed by atoms with van der Waals surface area (Å²) in [7, 11) is 1.17. The van der Waals surface area contributed by atoms with Gasteiger partial charge in [0.05, 0.1) is 7.11 Å². The normalized spacial score (nSPS) is 9.42. The molecule has 0 saturated heterocycles. The summed E-state index contributed by atoms with van der Waals surface area (Å²) < 4.78 is 17.3. The summed E-state index contributed by atoms with van der Waals surface area (Å²) in [6.45, 7) is -0.182. The molecule has 1 aromatic heterocycles. The van der Waals surface area contributed by atoms with Crippen molar-refractivity contribution < 1.29 is 23.1 Å². The highest BCUT2D eigenvalue weighted by molar-refractivity contribution is 5.59. The first kappa shape index (κ1) is 8.38. The molecule has 0 fully saturated rings. The van der Waals surface area contributed by atoms with Crippen molar-refractivity contribution in [2.24, 2.45) is 0 Å². The lowest BCUT2D eigenvalue weighted by Gasteiger charge is -1.97. The second-order valence-corrected chi connectivity index (χ2v) is 1.80. The SMILES string of the molecule is COC(=O)OCc1coc(=O)o1. The number of hydrogen-bond donors (Lipinski definition) is 0. The maximum Gasteiger partial charge on any atom is 0.518 e. The van der Waals surface area contributed by atoms with E-state index < -0.39 is 12.0 Å². The van der Waals surface area contributed by atoms with Crippen LogP contribution < -0.4 is 5.82 Å². The predicted octanol–water partition coefficient (Wildman–Crippen LogP) is 0.516. The van der Waals surface area contributed by atoms with Crippen LogP contribution in [0.2, 0.25) is 0 Å². The van der Waals surface area contributed by atoms with E-state index in [-0.39, 0.29) is 12.4 Å². The van der Waals surface area contributed by atoms with Crippen molar-refractivity contribution in [3.8, 4) is 0 Å². The van der Waals surface area contributed by atoms with E-state index >= 15 is 0 Å². The monoisotopic (exact) mass is 174 g/mol. The Balaban J connectivity index is 2.43. The summed E-state index contributed by atoms with van der Waals surface area (Å²) in [5.41, 5.74) is 0. The standard InChI is InChI=1S/C6H6O6/c1-9-5(7)10-2-4-3-11-6(8)12-4/h3H,2H2,1H3. The molecular formula is C6H6O6. The molecule has 0 radical (unpaired) electrons. The largest absolute Gasteiger partial charge is 0.518 e. The van der Waals surface area contributed by atoms with Crippen LogP contribution in [0.15, 0.2) is 19.9 Å². The Morgan fingerprint density at radius 1 is 1.67 bits per heavy atom. The van der Waals surface area contributed by atoms with Crippen LogP contribution in [-0.2, 0) is 16.1 Å². The molecule has 0 saturated carbocycles. The van der Waals surface area contributed by atoms with Gasteiger partial charge < -0.3 is 18.3 Å². The van der Waals surface area contributed by atoms with Crippen LogP contribution in [0.3, 0.4) is 0 Å². The summed E-state index contributed by atoms with van der Waals surface area (Å²) in [6.07, 6.45) is 0.212. The Labute approximate surface area is 66.7 Å². The molecule has 0 amide bonds. The summed E-state index contributed by atoms with van der Waals surface area (Å²) in [5.74, 6) is -0.705. The van der Waals surface area contributed by atoms with E-state index in [1.807, 2.05) is 0 Å². The third-order valence-electron chi connectivity index (χ3n) is 1.000. The fraction of sp³-hybridized carbons (Fsp3) is 0.333. The lowest BCUT2D eigenvalue weighted by atomic mass is 10.6. The van der Waals surface area contributed by atoms with Gasteiger partial charge >= 0.3 is 12.0 Å². The molecule has 0 aliphatic carbocycles. The number of methoxy groups -OCH3 is 1. The molecular weight excluding hydrogens is 168 g/mol. The van der Waals surface area contributed by atoms with Crippen LogP contribution in [0.1, 0.15) is 5.76 Å². The Morgan fingerprint density at radius 2 is 2.42 bits per heavy atom. The lowest BCUT2D eigenvalue weighted by Crippen LogP contribution is -2.03. The molecule has 0 bridgehead atoms. The molecule has 0 atom stereocenters. The van der Waals surface area contributed by atoms with Crippen LogP contribution in [0, 0.1) is 0 Å². The highest BCUT2D eigenvalue weighted by atomic mass is 16.7. The van der Waals surface area contributed by atoms with Gasteiger partial charge in [0.1, 0.15) is 6.26 Å². The van der Waals surface area contributed by atoms with Crippen molar-refractivity contribution in [2.75, 3.05) is 7.11 Å². The van der Waals surface area contributed by atoms with Gasteiger partial charge in [0.2, 0.25) is 0 Å².